The molecule has 0 aliphatic carbocycles. The van der Waals surface area contributed by atoms with Gasteiger partial charge >= 0.3 is 6.18 Å². The molecule has 1 fully saturated rings. The minimum atomic E-state index is -4.49. The number of aryl methyl sites for hydroxylation is 1. The summed E-state index contributed by atoms with van der Waals surface area (Å²) in [7, 11) is 0. The highest BCUT2D eigenvalue weighted by Gasteiger charge is 2.36. The maximum Gasteiger partial charge on any atom is 0.435 e. The number of rotatable bonds is 2. The van der Waals surface area contributed by atoms with E-state index in [0.717, 1.165) is 18.9 Å². The predicted octanol–water partition coefficient (Wildman–Crippen LogP) is 3.03. The Morgan fingerprint density at radius 1 is 1.48 bits per heavy atom. The molecule has 0 aromatic carbocycles. The van der Waals surface area contributed by atoms with Gasteiger partial charge in [-0.2, -0.15) is 18.3 Å². The van der Waals surface area contributed by atoms with E-state index in [-0.39, 0.29) is 5.91 Å². The lowest BCUT2D eigenvalue weighted by Crippen LogP contribution is -2.42. The second kappa shape index (κ2) is 5.69. The van der Waals surface area contributed by atoms with E-state index in [9.17, 15) is 18.0 Å². The van der Waals surface area contributed by atoms with E-state index in [0.29, 0.717) is 24.7 Å². The van der Waals surface area contributed by atoms with Gasteiger partial charge in [-0.1, -0.05) is 6.92 Å². The van der Waals surface area contributed by atoms with Crippen LogP contribution in [0.1, 0.15) is 44.1 Å². The van der Waals surface area contributed by atoms with Gasteiger partial charge in [0, 0.05) is 18.8 Å². The molecule has 2 atom stereocenters. The summed E-state index contributed by atoms with van der Waals surface area (Å²) in [4.78, 5) is 14.2. The number of halogens is 3. The highest BCUT2D eigenvalue weighted by molar-refractivity contribution is 5.80. The number of aromatic nitrogens is 2. The van der Waals surface area contributed by atoms with Gasteiger partial charge in [-0.15, -0.1) is 0 Å². The summed E-state index contributed by atoms with van der Waals surface area (Å²) in [5.41, 5.74) is -0.611. The molecule has 118 valence electrons. The van der Waals surface area contributed by atoms with Crippen LogP contribution in [0.5, 0.6) is 0 Å². The number of amides is 1. The van der Waals surface area contributed by atoms with E-state index in [4.69, 9.17) is 0 Å². The first-order valence-corrected chi connectivity index (χ1v) is 7.12. The van der Waals surface area contributed by atoms with Crippen molar-refractivity contribution in [2.75, 3.05) is 13.1 Å². The van der Waals surface area contributed by atoms with Crippen molar-refractivity contribution >= 4 is 5.91 Å². The largest absolute Gasteiger partial charge is 0.435 e. The summed E-state index contributed by atoms with van der Waals surface area (Å²) >= 11 is 0. The number of likely N-dealkylation sites (tertiary alicyclic amines) is 1. The maximum absolute atomic E-state index is 12.7. The zero-order valence-electron chi connectivity index (χ0n) is 12.4. The summed E-state index contributed by atoms with van der Waals surface area (Å²) in [6.07, 6.45) is -2.47. The van der Waals surface area contributed by atoms with Gasteiger partial charge in [0.15, 0.2) is 5.69 Å². The SMILES string of the molecule is Cc1cc(C(F)(F)F)nn1[C@@H](C)C(=O)N1CCC[C@@H](C)C1. The first-order valence-electron chi connectivity index (χ1n) is 7.12. The molecule has 1 aliphatic rings. The lowest BCUT2D eigenvalue weighted by Gasteiger charge is -2.33. The van der Waals surface area contributed by atoms with Crippen molar-refractivity contribution in [3.63, 3.8) is 0 Å². The Labute approximate surface area is 121 Å². The fourth-order valence-corrected chi connectivity index (χ4v) is 2.78. The molecule has 0 N–H and O–H groups in total. The Bertz CT molecular complexity index is 524. The highest BCUT2D eigenvalue weighted by Crippen LogP contribution is 2.29. The maximum atomic E-state index is 12.7. The van der Waals surface area contributed by atoms with Crippen molar-refractivity contribution in [3.8, 4) is 0 Å². The number of hydrogen-bond donors (Lipinski definition) is 0. The van der Waals surface area contributed by atoms with Crippen LogP contribution in [0.4, 0.5) is 13.2 Å². The fraction of sp³-hybridized carbons (Fsp3) is 0.714. The number of nitrogens with zero attached hydrogens (tertiary/aromatic N) is 3. The Balaban J connectivity index is 2.17. The van der Waals surface area contributed by atoms with Crippen LogP contribution < -0.4 is 0 Å². The van der Waals surface area contributed by atoms with E-state index in [1.165, 1.54) is 11.6 Å². The van der Waals surface area contributed by atoms with E-state index in [1.54, 1.807) is 11.8 Å². The van der Waals surface area contributed by atoms with Crippen LogP contribution in [-0.2, 0) is 11.0 Å². The second-order valence-corrected chi connectivity index (χ2v) is 5.82. The van der Waals surface area contributed by atoms with Crippen LogP contribution in [0, 0.1) is 12.8 Å². The molecule has 1 aromatic rings. The average Bonchev–Trinajstić information content (AvgIpc) is 2.79. The van der Waals surface area contributed by atoms with Gasteiger partial charge in [0.05, 0.1) is 0 Å². The van der Waals surface area contributed by atoms with Gasteiger partial charge in [-0.25, -0.2) is 0 Å². The average molecular weight is 303 g/mol. The number of carbonyl (C=O) groups excluding carboxylic acids is 1. The van der Waals surface area contributed by atoms with Gasteiger partial charge < -0.3 is 4.90 Å². The van der Waals surface area contributed by atoms with Crippen LogP contribution in [-0.4, -0.2) is 33.7 Å². The van der Waals surface area contributed by atoms with Crippen molar-refractivity contribution in [2.24, 2.45) is 5.92 Å². The van der Waals surface area contributed by atoms with E-state index >= 15 is 0 Å². The molecule has 0 radical (unpaired) electrons. The molecule has 2 heterocycles. The molecule has 21 heavy (non-hydrogen) atoms. The van der Waals surface area contributed by atoms with Crippen molar-refractivity contribution < 1.29 is 18.0 Å². The molecule has 4 nitrogen and oxygen atoms in total. The minimum absolute atomic E-state index is 0.165. The second-order valence-electron chi connectivity index (χ2n) is 5.82. The topological polar surface area (TPSA) is 38.1 Å². The van der Waals surface area contributed by atoms with Crippen LogP contribution >= 0.6 is 0 Å². The lowest BCUT2D eigenvalue weighted by molar-refractivity contribution is -0.143. The number of hydrogen-bond acceptors (Lipinski definition) is 2. The smallest absolute Gasteiger partial charge is 0.341 e. The first-order chi connectivity index (χ1) is 9.70. The van der Waals surface area contributed by atoms with E-state index in [1.807, 2.05) is 0 Å². The van der Waals surface area contributed by atoms with Crippen molar-refractivity contribution in [1.82, 2.24) is 14.7 Å². The molecular weight excluding hydrogens is 283 g/mol. The predicted molar refractivity (Wildman–Crippen MR) is 71.7 cm³/mol. The standard InChI is InChI=1S/C14H20F3N3O/c1-9-5-4-6-19(8-9)13(21)11(3)20-10(2)7-12(18-20)14(15,16)17/h7,9,11H,4-6,8H2,1-3H3/t9-,11+/m1/s1. The zero-order chi connectivity index (χ0) is 15.8. The molecule has 0 saturated carbocycles. The summed E-state index contributed by atoms with van der Waals surface area (Å²) in [6.45, 7) is 6.53. The Morgan fingerprint density at radius 3 is 2.67 bits per heavy atom. The third kappa shape index (κ3) is 3.39. The molecule has 1 aliphatic heterocycles. The van der Waals surface area contributed by atoms with Gasteiger partial charge in [0.1, 0.15) is 6.04 Å². The van der Waals surface area contributed by atoms with E-state index < -0.39 is 17.9 Å². The lowest BCUT2D eigenvalue weighted by atomic mass is 10.00. The molecule has 2 rings (SSSR count). The Morgan fingerprint density at radius 2 is 2.14 bits per heavy atom. The van der Waals surface area contributed by atoms with Crippen molar-refractivity contribution in [1.29, 1.82) is 0 Å². The molecule has 1 amide bonds. The number of alkyl halides is 3. The van der Waals surface area contributed by atoms with E-state index in [2.05, 4.69) is 12.0 Å². The van der Waals surface area contributed by atoms with Crippen LogP contribution in [0.3, 0.4) is 0 Å². The molecule has 1 aromatic heterocycles. The Kier molecular flexibility index (Phi) is 4.30. The quantitative estimate of drug-likeness (QED) is 0.842. The van der Waals surface area contributed by atoms with Gasteiger partial charge in [0.2, 0.25) is 5.91 Å². The molecule has 7 heteroatoms. The summed E-state index contributed by atoms with van der Waals surface area (Å²) in [6, 6.07) is 0.259. The van der Waals surface area contributed by atoms with Crippen molar-refractivity contribution in [3.05, 3.63) is 17.5 Å². The third-order valence-electron chi connectivity index (χ3n) is 3.91. The molecule has 0 bridgehead atoms. The minimum Gasteiger partial charge on any atom is -0.341 e. The Hall–Kier alpha value is -1.53. The molecule has 0 spiro atoms. The molecule has 0 unspecified atom stereocenters. The normalized spacial score (nSPS) is 21.4. The monoisotopic (exact) mass is 303 g/mol. The van der Waals surface area contributed by atoms with Gasteiger partial charge in [-0.3, -0.25) is 9.48 Å². The summed E-state index contributed by atoms with van der Waals surface area (Å²) < 4.78 is 39.2. The van der Waals surface area contributed by atoms with Crippen molar-refractivity contribution in [2.45, 2.75) is 45.8 Å². The zero-order valence-corrected chi connectivity index (χ0v) is 12.4. The van der Waals surface area contributed by atoms with Crippen LogP contribution in [0.2, 0.25) is 0 Å². The van der Waals surface area contributed by atoms with Gasteiger partial charge in [0.25, 0.3) is 0 Å². The molecule has 1 saturated heterocycles. The van der Waals surface area contributed by atoms with Crippen LogP contribution in [0.25, 0.3) is 0 Å². The van der Waals surface area contributed by atoms with Crippen LogP contribution in [0.15, 0.2) is 6.07 Å². The molecular formula is C14H20F3N3O. The highest BCUT2D eigenvalue weighted by atomic mass is 19.4. The number of carbonyl (C=O) groups is 1. The fourth-order valence-electron chi connectivity index (χ4n) is 2.78. The number of piperidine rings is 1. The summed E-state index contributed by atoms with van der Waals surface area (Å²) in [5.74, 6) is 0.265. The summed E-state index contributed by atoms with van der Waals surface area (Å²) in [5, 5.41) is 3.56. The third-order valence-corrected chi connectivity index (χ3v) is 3.91. The first kappa shape index (κ1) is 15.9. The van der Waals surface area contributed by atoms with Gasteiger partial charge in [-0.05, 0) is 38.7 Å².